The first-order valence-corrected chi connectivity index (χ1v) is 8.17. The first-order chi connectivity index (χ1) is 8.88. The topological polar surface area (TPSA) is 72.2 Å². The Kier molecular flexibility index (Phi) is 5.90. The molecule has 0 aliphatic heterocycles. The zero-order valence-corrected chi connectivity index (χ0v) is 12.9. The second kappa shape index (κ2) is 6.98. The average Bonchev–Trinajstić information content (AvgIpc) is 2.34. The Morgan fingerprint density at radius 1 is 1.37 bits per heavy atom. The molecule has 0 bridgehead atoms. The van der Waals surface area contributed by atoms with E-state index in [9.17, 15) is 8.42 Å². The van der Waals surface area contributed by atoms with Gasteiger partial charge in [-0.2, -0.15) is 0 Å². The van der Waals surface area contributed by atoms with Crippen molar-refractivity contribution in [1.29, 1.82) is 0 Å². The molecule has 4 nitrogen and oxygen atoms in total. The quantitative estimate of drug-likeness (QED) is 0.597. The molecule has 0 aliphatic carbocycles. The predicted molar refractivity (Wildman–Crippen MR) is 81.8 cm³/mol. The number of sulfonamides is 1. The van der Waals surface area contributed by atoms with Crippen LogP contribution in [0.2, 0.25) is 0 Å². The molecule has 3 N–H and O–H groups in total. The lowest BCUT2D eigenvalue weighted by Gasteiger charge is -2.10. The van der Waals surface area contributed by atoms with Crippen LogP contribution in [-0.4, -0.2) is 20.0 Å². The number of aryl methyl sites for hydroxylation is 1. The first kappa shape index (κ1) is 16.1. The van der Waals surface area contributed by atoms with Gasteiger partial charge in [-0.3, -0.25) is 0 Å². The Labute approximate surface area is 120 Å². The van der Waals surface area contributed by atoms with Crippen LogP contribution in [0.3, 0.4) is 0 Å². The summed E-state index contributed by atoms with van der Waals surface area (Å²) in [5, 5.41) is 0. The van der Waals surface area contributed by atoms with Gasteiger partial charge in [0, 0.05) is 12.1 Å². The van der Waals surface area contributed by atoms with Crippen LogP contribution >= 0.6 is 12.2 Å². The monoisotopic (exact) mass is 300 g/mol. The molecule has 1 rings (SSSR count). The van der Waals surface area contributed by atoms with E-state index in [4.69, 9.17) is 18.0 Å². The standard InChI is InChI=1S/C13H20N2O2S2/c1-3-4-5-8-15-19(16,17)12-9-11(13(14)18)7-6-10(12)2/h6-7,9,15H,3-5,8H2,1-2H3,(H2,14,18). The number of benzene rings is 1. The van der Waals surface area contributed by atoms with E-state index in [0.717, 1.165) is 19.3 Å². The molecule has 0 atom stereocenters. The van der Waals surface area contributed by atoms with E-state index < -0.39 is 10.0 Å². The average molecular weight is 300 g/mol. The highest BCUT2D eigenvalue weighted by molar-refractivity contribution is 7.89. The van der Waals surface area contributed by atoms with Gasteiger partial charge in [0.25, 0.3) is 0 Å². The molecule has 0 unspecified atom stereocenters. The summed E-state index contributed by atoms with van der Waals surface area (Å²) in [7, 11) is -3.49. The summed E-state index contributed by atoms with van der Waals surface area (Å²) in [6, 6.07) is 4.97. The van der Waals surface area contributed by atoms with E-state index in [1.165, 1.54) is 6.07 Å². The maximum absolute atomic E-state index is 12.2. The van der Waals surface area contributed by atoms with E-state index >= 15 is 0 Å². The van der Waals surface area contributed by atoms with Gasteiger partial charge in [-0.1, -0.05) is 44.1 Å². The summed E-state index contributed by atoms with van der Waals surface area (Å²) in [5.74, 6) is 0. The number of unbranched alkanes of at least 4 members (excludes halogenated alkanes) is 2. The van der Waals surface area contributed by atoms with Crippen molar-refractivity contribution in [2.24, 2.45) is 5.73 Å². The smallest absolute Gasteiger partial charge is 0.240 e. The molecule has 0 saturated carbocycles. The van der Waals surface area contributed by atoms with Gasteiger partial charge in [0.05, 0.1) is 4.90 Å². The van der Waals surface area contributed by atoms with Crippen molar-refractivity contribution in [2.75, 3.05) is 6.54 Å². The van der Waals surface area contributed by atoms with Crippen molar-refractivity contribution in [3.05, 3.63) is 29.3 Å². The number of hydrogen-bond acceptors (Lipinski definition) is 3. The van der Waals surface area contributed by atoms with Crippen LogP contribution in [0.5, 0.6) is 0 Å². The minimum Gasteiger partial charge on any atom is -0.389 e. The van der Waals surface area contributed by atoms with Crippen molar-refractivity contribution < 1.29 is 8.42 Å². The van der Waals surface area contributed by atoms with E-state index in [1.807, 2.05) is 0 Å². The van der Waals surface area contributed by atoms with Gasteiger partial charge in [0.15, 0.2) is 0 Å². The lowest BCUT2D eigenvalue weighted by atomic mass is 10.1. The van der Waals surface area contributed by atoms with Gasteiger partial charge in [-0.05, 0) is 25.0 Å². The lowest BCUT2D eigenvalue weighted by Crippen LogP contribution is -2.26. The normalized spacial score (nSPS) is 11.5. The van der Waals surface area contributed by atoms with Crippen LogP contribution in [0, 0.1) is 6.92 Å². The summed E-state index contributed by atoms with van der Waals surface area (Å²) in [6.45, 7) is 4.28. The van der Waals surface area contributed by atoms with Gasteiger partial charge in [0.2, 0.25) is 10.0 Å². The summed E-state index contributed by atoms with van der Waals surface area (Å²) in [6.07, 6.45) is 2.90. The van der Waals surface area contributed by atoms with Gasteiger partial charge in [0.1, 0.15) is 4.99 Å². The van der Waals surface area contributed by atoms with Gasteiger partial charge in [-0.15, -0.1) is 0 Å². The van der Waals surface area contributed by atoms with Crippen molar-refractivity contribution in [2.45, 2.75) is 38.0 Å². The molecule has 106 valence electrons. The van der Waals surface area contributed by atoms with Crippen LogP contribution in [0.4, 0.5) is 0 Å². The van der Waals surface area contributed by atoms with Crippen molar-refractivity contribution in [1.82, 2.24) is 4.72 Å². The molecule has 19 heavy (non-hydrogen) atoms. The fourth-order valence-corrected chi connectivity index (χ4v) is 3.17. The van der Waals surface area contributed by atoms with Crippen LogP contribution in [-0.2, 0) is 10.0 Å². The van der Waals surface area contributed by atoms with E-state index in [-0.39, 0.29) is 9.88 Å². The van der Waals surface area contributed by atoms with Crippen LogP contribution in [0.15, 0.2) is 23.1 Å². The minimum atomic E-state index is -3.49. The zero-order chi connectivity index (χ0) is 14.5. The van der Waals surface area contributed by atoms with E-state index in [1.54, 1.807) is 19.1 Å². The van der Waals surface area contributed by atoms with Gasteiger partial charge < -0.3 is 5.73 Å². The number of nitrogens with one attached hydrogen (secondary N) is 1. The van der Waals surface area contributed by atoms with Crippen molar-refractivity contribution in [3.8, 4) is 0 Å². The largest absolute Gasteiger partial charge is 0.389 e. The predicted octanol–water partition coefficient (Wildman–Crippen LogP) is 2.10. The van der Waals surface area contributed by atoms with Crippen LogP contribution in [0.1, 0.15) is 37.3 Å². The molecule has 0 fully saturated rings. The zero-order valence-electron chi connectivity index (χ0n) is 11.3. The second-order valence-electron chi connectivity index (χ2n) is 4.45. The van der Waals surface area contributed by atoms with Gasteiger partial charge >= 0.3 is 0 Å². The molecule has 1 aromatic carbocycles. The third kappa shape index (κ3) is 4.56. The Hall–Kier alpha value is -0.980. The van der Waals surface area contributed by atoms with Crippen LogP contribution < -0.4 is 10.5 Å². The van der Waals surface area contributed by atoms with Crippen LogP contribution in [0.25, 0.3) is 0 Å². The number of thiocarbonyl (C=S) groups is 1. The summed E-state index contributed by atoms with van der Waals surface area (Å²) < 4.78 is 27.0. The highest BCUT2D eigenvalue weighted by Crippen LogP contribution is 2.17. The molecule has 0 radical (unpaired) electrons. The third-order valence-corrected chi connectivity index (χ3v) is 4.67. The highest BCUT2D eigenvalue weighted by Gasteiger charge is 2.17. The van der Waals surface area contributed by atoms with Crippen molar-refractivity contribution >= 4 is 27.2 Å². The summed E-state index contributed by atoms with van der Waals surface area (Å²) in [5.41, 5.74) is 6.78. The second-order valence-corrected chi connectivity index (χ2v) is 6.62. The Bertz CT molecular complexity index is 554. The molecule has 0 aliphatic rings. The van der Waals surface area contributed by atoms with E-state index in [0.29, 0.717) is 17.7 Å². The molecule has 0 heterocycles. The molecule has 1 aromatic rings. The highest BCUT2D eigenvalue weighted by atomic mass is 32.2. The Balaban J connectivity index is 2.94. The molecular weight excluding hydrogens is 280 g/mol. The van der Waals surface area contributed by atoms with Gasteiger partial charge in [-0.25, -0.2) is 13.1 Å². The fraction of sp³-hybridized carbons (Fsp3) is 0.462. The Morgan fingerprint density at radius 3 is 2.63 bits per heavy atom. The molecule has 0 amide bonds. The minimum absolute atomic E-state index is 0.197. The number of nitrogens with two attached hydrogens (primary N) is 1. The molecular formula is C13H20N2O2S2. The fourth-order valence-electron chi connectivity index (χ4n) is 1.70. The maximum Gasteiger partial charge on any atom is 0.240 e. The lowest BCUT2D eigenvalue weighted by molar-refractivity contribution is 0.575. The van der Waals surface area contributed by atoms with E-state index in [2.05, 4.69) is 11.6 Å². The maximum atomic E-state index is 12.2. The third-order valence-electron chi connectivity index (χ3n) is 2.83. The summed E-state index contributed by atoms with van der Waals surface area (Å²) in [4.78, 5) is 0.441. The molecule has 0 spiro atoms. The Morgan fingerprint density at radius 2 is 2.05 bits per heavy atom. The molecule has 0 aromatic heterocycles. The number of hydrogen-bond donors (Lipinski definition) is 2. The summed E-state index contributed by atoms with van der Waals surface area (Å²) >= 11 is 4.87. The molecule has 6 heteroatoms. The molecule has 0 saturated heterocycles. The first-order valence-electron chi connectivity index (χ1n) is 6.28. The van der Waals surface area contributed by atoms with Crippen molar-refractivity contribution in [3.63, 3.8) is 0 Å². The SMILES string of the molecule is CCCCCNS(=O)(=O)c1cc(C(N)=S)ccc1C. The number of rotatable bonds is 7.